The van der Waals surface area contributed by atoms with Gasteiger partial charge in [0.15, 0.2) is 0 Å². The molecule has 1 fully saturated rings. The molecule has 0 N–H and O–H groups in total. The van der Waals surface area contributed by atoms with Crippen molar-refractivity contribution in [3.63, 3.8) is 0 Å². The highest BCUT2D eigenvalue weighted by atomic mass is 16.5. The van der Waals surface area contributed by atoms with Crippen molar-refractivity contribution in [2.24, 2.45) is 0 Å². The third-order valence-electron chi connectivity index (χ3n) is 2.25. The normalized spacial score (nSPS) is 23.9. The summed E-state index contributed by atoms with van der Waals surface area (Å²) in [6, 6.07) is 0. The van der Waals surface area contributed by atoms with E-state index in [2.05, 4.69) is 18.9 Å². The van der Waals surface area contributed by atoms with Crippen molar-refractivity contribution in [2.75, 3.05) is 6.61 Å². The summed E-state index contributed by atoms with van der Waals surface area (Å²) in [7, 11) is 0. The molecular weight excluding hydrogens is 148 g/mol. The van der Waals surface area contributed by atoms with Gasteiger partial charge in [-0.3, -0.25) is 0 Å². The lowest BCUT2D eigenvalue weighted by Gasteiger charge is -2.25. The van der Waals surface area contributed by atoms with Crippen LogP contribution in [0.1, 0.15) is 26.2 Å². The lowest BCUT2D eigenvalue weighted by Crippen LogP contribution is -2.20. The molecule has 1 atom stereocenters. The molecule has 1 unspecified atom stereocenters. The zero-order chi connectivity index (χ0) is 8.97. The first-order valence-electron chi connectivity index (χ1n) is 4.49. The van der Waals surface area contributed by atoms with E-state index in [1.807, 2.05) is 6.92 Å². The van der Waals surface area contributed by atoms with Crippen LogP contribution in [-0.4, -0.2) is 12.7 Å². The third-order valence-corrected chi connectivity index (χ3v) is 2.25. The fourth-order valence-electron chi connectivity index (χ4n) is 1.58. The van der Waals surface area contributed by atoms with Gasteiger partial charge in [0.1, 0.15) is 0 Å². The van der Waals surface area contributed by atoms with E-state index in [-0.39, 0.29) is 6.10 Å². The Morgan fingerprint density at radius 3 is 3.00 bits per heavy atom. The molecule has 1 nitrogen and oxygen atoms in total. The van der Waals surface area contributed by atoms with Crippen LogP contribution in [0.2, 0.25) is 0 Å². The molecule has 0 amide bonds. The Kier molecular flexibility index (Phi) is 3.33. The van der Waals surface area contributed by atoms with Gasteiger partial charge >= 0.3 is 0 Å². The highest BCUT2D eigenvalue weighted by molar-refractivity contribution is 5.32. The second kappa shape index (κ2) is 4.30. The van der Waals surface area contributed by atoms with Crippen LogP contribution in [0.5, 0.6) is 0 Å². The summed E-state index contributed by atoms with van der Waals surface area (Å²) >= 11 is 0. The van der Waals surface area contributed by atoms with Gasteiger partial charge in [-0.15, -0.1) is 5.73 Å². The summed E-state index contributed by atoms with van der Waals surface area (Å²) in [5.41, 5.74) is 5.16. The van der Waals surface area contributed by atoms with Crippen molar-refractivity contribution in [3.05, 3.63) is 30.0 Å². The molecule has 0 radical (unpaired) electrons. The Bertz CT molecular complexity index is 219. The minimum atomic E-state index is 0.216. The molecule has 12 heavy (non-hydrogen) atoms. The van der Waals surface area contributed by atoms with Crippen molar-refractivity contribution in [2.45, 2.75) is 32.3 Å². The van der Waals surface area contributed by atoms with Gasteiger partial charge in [0, 0.05) is 6.61 Å². The van der Waals surface area contributed by atoms with Crippen LogP contribution in [0, 0.1) is 0 Å². The van der Waals surface area contributed by atoms with Crippen molar-refractivity contribution in [3.8, 4) is 0 Å². The number of ether oxygens (including phenoxy) is 1. The molecule has 0 aromatic carbocycles. The zero-order valence-corrected chi connectivity index (χ0v) is 7.73. The SMILES string of the molecule is C=C=C1CCCC(OCC)C1=C. The Labute approximate surface area is 74.4 Å². The summed E-state index contributed by atoms with van der Waals surface area (Å²) in [5, 5.41) is 0. The first-order chi connectivity index (χ1) is 5.79. The molecule has 0 aromatic rings. The standard InChI is InChI=1S/C11H16O/c1-4-10-7-6-8-11(9(10)3)12-5-2/h11H,1,3,5-8H2,2H3. The number of rotatable bonds is 2. The average Bonchev–Trinajstić information content (AvgIpc) is 2.09. The second-order valence-corrected chi connectivity index (χ2v) is 3.02. The van der Waals surface area contributed by atoms with Crippen LogP contribution in [0.4, 0.5) is 0 Å². The van der Waals surface area contributed by atoms with E-state index in [0.29, 0.717) is 0 Å². The van der Waals surface area contributed by atoms with Crippen molar-refractivity contribution < 1.29 is 4.74 Å². The van der Waals surface area contributed by atoms with Crippen LogP contribution in [0.15, 0.2) is 30.0 Å². The molecule has 66 valence electrons. The molecular formula is C11H16O. The summed E-state index contributed by atoms with van der Waals surface area (Å²) in [6.07, 6.45) is 3.54. The van der Waals surface area contributed by atoms with Crippen LogP contribution in [0.3, 0.4) is 0 Å². The minimum Gasteiger partial charge on any atom is -0.374 e. The Balaban J connectivity index is 2.66. The molecule has 0 saturated heterocycles. The molecule has 1 saturated carbocycles. The predicted octanol–water partition coefficient (Wildman–Crippen LogP) is 2.84. The Hall–Kier alpha value is -0.780. The maximum absolute atomic E-state index is 5.54. The quantitative estimate of drug-likeness (QED) is 0.570. The fraction of sp³-hybridized carbons (Fsp3) is 0.545. The van der Waals surface area contributed by atoms with E-state index < -0.39 is 0 Å². The maximum Gasteiger partial charge on any atom is 0.0827 e. The molecule has 0 aliphatic heterocycles. The highest BCUT2D eigenvalue weighted by Gasteiger charge is 2.20. The lowest BCUT2D eigenvalue weighted by molar-refractivity contribution is 0.0774. The first-order valence-corrected chi connectivity index (χ1v) is 4.49. The van der Waals surface area contributed by atoms with E-state index in [1.54, 1.807) is 0 Å². The molecule has 1 aliphatic rings. The van der Waals surface area contributed by atoms with Crippen molar-refractivity contribution in [1.82, 2.24) is 0 Å². The van der Waals surface area contributed by atoms with Gasteiger partial charge in [-0.2, -0.15) is 0 Å². The summed E-state index contributed by atoms with van der Waals surface area (Å²) < 4.78 is 5.54. The van der Waals surface area contributed by atoms with E-state index in [9.17, 15) is 0 Å². The van der Waals surface area contributed by atoms with Gasteiger partial charge in [-0.25, -0.2) is 0 Å². The molecule has 0 heterocycles. The molecule has 1 aliphatic carbocycles. The number of hydrogen-bond donors (Lipinski definition) is 0. The van der Waals surface area contributed by atoms with Crippen LogP contribution < -0.4 is 0 Å². The second-order valence-electron chi connectivity index (χ2n) is 3.02. The zero-order valence-electron chi connectivity index (χ0n) is 7.73. The fourth-order valence-corrected chi connectivity index (χ4v) is 1.58. The Morgan fingerprint density at radius 2 is 2.42 bits per heavy atom. The van der Waals surface area contributed by atoms with Crippen LogP contribution in [-0.2, 0) is 4.74 Å². The van der Waals surface area contributed by atoms with E-state index in [4.69, 9.17) is 4.74 Å². The summed E-state index contributed by atoms with van der Waals surface area (Å²) in [4.78, 5) is 0. The highest BCUT2D eigenvalue weighted by Crippen LogP contribution is 2.28. The van der Waals surface area contributed by atoms with Gasteiger partial charge < -0.3 is 4.74 Å². The monoisotopic (exact) mass is 164 g/mol. The molecule has 1 heteroatoms. The topological polar surface area (TPSA) is 9.23 Å². The van der Waals surface area contributed by atoms with Gasteiger partial charge in [0.2, 0.25) is 0 Å². The van der Waals surface area contributed by atoms with E-state index in [1.165, 1.54) is 6.42 Å². The molecule has 0 bridgehead atoms. The van der Waals surface area contributed by atoms with Crippen molar-refractivity contribution >= 4 is 0 Å². The maximum atomic E-state index is 5.54. The van der Waals surface area contributed by atoms with Gasteiger partial charge in [0.05, 0.1) is 6.10 Å². The Morgan fingerprint density at radius 1 is 1.67 bits per heavy atom. The van der Waals surface area contributed by atoms with Crippen LogP contribution >= 0.6 is 0 Å². The number of hydrogen-bond acceptors (Lipinski definition) is 1. The summed E-state index contributed by atoms with van der Waals surface area (Å²) in [5.74, 6) is 0. The smallest absolute Gasteiger partial charge is 0.0827 e. The first kappa shape index (κ1) is 9.31. The molecule has 0 aromatic heterocycles. The van der Waals surface area contributed by atoms with Gasteiger partial charge in [-0.05, 0) is 37.3 Å². The summed E-state index contributed by atoms with van der Waals surface area (Å²) in [6.45, 7) is 10.4. The van der Waals surface area contributed by atoms with Gasteiger partial charge in [0.25, 0.3) is 0 Å². The van der Waals surface area contributed by atoms with Crippen LogP contribution in [0.25, 0.3) is 0 Å². The lowest BCUT2D eigenvalue weighted by atomic mass is 9.89. The predicted molar refractivity (Wildman–Crippen MR) is 51.1 cm³/mol. The van der Waals surface area contributed by atoms with E-state index >= 15 is 0 Å². The van der Waals surface area contributed by atoms with E-state index in [0.717, 1.165) is 30.6 Å². The molecule has 1 rings (SSSR count). The third kappa shape index (κ3) is 1.88. The molecule has 0 spiro atoms. The average molecular weight is 164 g/mol. The minimum absolute atomic E-state index is 0.216. The van der Waals surface area contributed by atoms with Gasteiger partial charge in [-0.1, -0.05) is 13.2 Å². The largest absolute Gasteiger partial charge is 0.374 e. The van der Waals surface area contributed by atoms with Crippen molar-refractivity contribution in [1.29, 1.82) is 0 Å².